The van der Waals surface area contributed by atoms with E-state index in [4.69, 9.17) is 4.74 Å². The number of rotatable bonds is 5. The van der Waals surface area contributed by atoms with Crippen LogP contribution >= 0.6 is 0 Å². The molecule has 140 valence electrons. The van der Waals surface area contributed by atoms with E-state index in [1.165, 1.54) is 0 Å². The molecule has 0 aliphatic carbocycles. The molecule has 1 fully saturated rings. The molecule has 0 saturated carbocycles. The van der Waals surface area contributed by atoms with Crippen molar-refractivity contribution < 1.29 is 14.3 Å². The van der Waals surface area contributed by atoms with Crippen LogP contribution in [0.2, 0.25) is 0 Å². The van der Waals surface area contributed by atoms with E-state index in [1.54, 1.807) is 29.2 Å². The minimum absolute atomic E-state index is 0.0964. The first kappa shape index (κ1) is 17.8. The van der Waals surface area contributed by atoms with Crippen LogP contribution in [0.1, 0.15) is 23.2 Å². The van der Waals surface area contributed by atoms with Gasteiger partial charge in [0.05, 0.1) is 5.69 Å². The van der Waals surface area contributed by atoms with Crippen LogP contribution in [0.25, 0.3) is 0 Å². The summed E-state index contributed by atoms with van der Waals surface area (Å²) in [7, 11) is 0. The summed E-state index contributed by atoms with van der Waals surface area (Å²) in [5.41, 5.74) is 1.83. The SMILES string of the molecule is O=C(Nc1ccccc1Oc1ccccc1)c1cccc(N2CCCC2=O)c1. The van der Waals surface area contributed by atoms with Gasteiger partial charge in [0.25, 0.3) is 5.91 Å². The molecule has 1 saturated heterocycles. The number of ether oxygens (including phenoxy) is 1. The Hall–Kier alpha value is -3.60. The minimum Gasteiger partial charge on any atom is -0.455 e. The quantitative estimate of drug-likeness (QED) is 0.696. The maximum atomic E-state index is 12.8. The van der Waals surface area contributed by atoms with Crippen LogP contribution in [0, 0.1) is 0 Å². The third-order valence-corrected chi connectivity index (χ3v) is 4.60. The highest BCUT2D eigenvalue weighted by atomic mass is 16.5. The molecule has 1 N–H and O–H groups in total. The molecule has 28 heavy (non-hydrogen) atoms. The average molecular weight is 372 g/mol. The van der Waals surface area contributed by atoms with Gasteiger partial charge in [0.2, 0.25) is 5.91 Å². The number of nitrogens with one attached hydrogen (secondary N) is 1. The van der Waals surface area contributed by atoms with E-state index in [0.717, 1.165) is 12.1 Å². The Balaban J connectivity index is 1.54. The molecule has 1 aliphatic heterocycles. The van der Waals surface area contributed by atoms with Gasteiger partial charge in [0.15, 0.2) is 5.75 Å². The zero-order valence-electron chi connectivity index (χ0n) is 15.3. The second kappa shape index (κ2) is 7.96. The van der Waals surface area contributed by atoms with E-state index in [2.05, 4.69) is 5.32 Å². The van der Waals surface area contributed by atoms with Gasteiger partial charge >= 0.3 is 0 Å². The first-order valence-electron chi connectivity index (χ1n) is 9.24. The normalized spacial score (nSPS) is 13.4. The molecule has 0 aromatic heterocycles. The van der Waals surface area contributed by atoms with E-state index < -0.39 is 0 Å². The lowest BCUT2D eigenvalue weighted by molar-refractivity contribution is -0.117. The van der Waals surface area contributed by atoms with Gasteiger partial charge in [-0.2, -0.15) is 0 Å². The van der Waals surface area contributed by atoms with Crippen LogP contribution in [0.5, 0.6) is 11.5 Å². The molecular weight excluding hydrogens is 352 g/mol. The van der Waals surface area contributed by atoms with E-state index in [1.807, 2.05) is 54.6 Å². The van der Waals surface area contributed by atoms with Crippen molar-refractivity contribution >= 4 is 23.2 Å². The van der Waals surface area contributed by atoms with E-state index in [0.29, 0.717) is 35.7 Å². The maximum Gasteiger partial charge on any atom is 0.255 e. The molecule has 1 heterocycles. The number of hydrogen-bond acceptors (Lipinski definition) is 3. The lowest BCUT2D eigenvalue weighted by Gasteiger charge is -2.17. The van der Waals surface area contributed by atoms with Crippen molar-refractivity contribution in [1.29, 1.82) is 0 Å². The van der Waals surface area contributed by atoms with Crippen molar-refractivity contribution in [3.8, 4) is 11.5 Å². The number of benzene rings is 3. The Labute approximate surface area is 163 Å². The standard InChI is InChI=1S/C23H20N2O3/c26-22-14-7-15-25(22)18-9-6-8-17(16-18)23(27)24-20-12-4-5-13-21(20)28-19-10-2-1-3-11-19/h1-6,8-13,16H,7,14-15H2,(H,24,27). The molecule has 3 aromatic carbocycles. The highest BCUT2D eigenvalue weighted by Crippen LogP contribution is 2.30. The number of hydrogen-bond donors (Lipinski definition) is 1. The second-order valence-electron chi connectivity index (χ2n) is 6.56. The molecule has 5 nitrogen and oxygen atoms in total. The lowest BCUT2D eigenvalue weighted by atomic mass is 10.1. The smallest absolute Gasteiger partial charge is 0.255 e. The summed E-state index contributed by atoms with van der Waals surface area (Å²) >= 11 is 0. The van der Waals surface area contributed by atoms with Crippen LogP contribution in [0.15, 0.2) is 78.9 Å². The predicted molar refractivity (Wildman–Crippen MR) is 109 cm³/mol. The molecule has 3 aromatic rings. The molecule has 2 amide bonds. The van der Waals surface area contributed by atoms with E-state index in [9.17, 15) is 9.59 Å². The summed E-state index contributed by atoms with van der Waals surface area (Å²) in [6.07, 6.45) is 1.40. The summed E-state index contributed by atoms with van der Waals surface area (Å²) in [5.74, 6) is 1.10. The maximum absolute atomic E-state index is 12.8. The first-order valence-corrected chi connectivity index (χ1v) is 9.24. The Morgan fingerprint density at radius 1 is 0.929 bits per heavy atom. The molecule has 0 spiro atoms. The Kier molecular flexibility index (Phi) is 5.06. The summed E-state index contributed by atoms with van der Waals surface area (Å²) < 4.78 is 5.90. The molecule has 5 heteroatoms. The number of carbonyl (C=O) groups is 2. The third kappa shape index (κ3) is 3.88. The number of amides is 2. The molecule has 0 bridgehead atoms. The molecule has 1 aliphatic rings. The van der Waals surface area contributed by atoms with Gasteiger partial charge in [-0.15, -0.1) is 0 Å². The monoisotopic (exact) mass is 372 g/mol. The fourth-order valence-corrected chi connectivity index (χ4v) is 3.21. The topological polar surface area (TPSA) is 58.6 Å². The summed E-state index contributed by atoms with van der Waals surface area (Å²) in [4.78, 5) is 26.5. The summed E-state index contributed by atoms with van der Waals surface area (Å²) in [5, 5.41) is 2.91. The predicted octanol–water partition coefficient (Wildman–Crippen LogP) is 4.86. The summed E-state index contributed by atoms with van der Waals surface area (Å²) in [6, 6.07) is 23.8. The van der Waals surface area contributed by atoms with Crippen molar-refractivity contribution in [2.75, 3.05) is 16.8 Å². The van der Waals surface area contributed by atoms with Gasteiger partial charge in [0.1, 0.15) is 5.75 Å². The van der Waals surface area contributed by atoms with Crippen LogP contribution < -0.4 is 15.0 Å². The van der Waals surface area contributed by atoms with E-state index in [-0.39, 0.29) is 11.8 Å². The fourth-order valence-electron chi connectivity index (χ4n) is 3.21. The van der Waals surface area contributed by atoms with Crippen molar-refractivity contribution in [2.45, 2.75) is 12.8 Å². The molecule has 4 rings (SSSR count). The van der Waals surface area contributed by atoms with Crippen LogP contribution in [-0.4, -0.2) is 18.4 Å². The summed E-state index contributed by atoms with van der Waals surface area (Å²) in [6.45, 7) is 0.692. The van der Waals surface area contributed by atoms with Crippen molar-refractivity contribution in [1.82, 2.24) is 0 Å². The van der Waals surface area contributed by atoms with Crippen molar-refractivity contribution in [3.05, 3.63) is 84.4 Å². The first-order chi connectivity index (χ1) is 13.7. The average Bonchev–Trinajstić information content (AvgIpc) is 3.16. The van der Waals surface area contributed by atoms with Gasteiger partial charge < -0.3 is 15.0 Å². The Bertz CT molecular complexity index is 1000. The zero-order chi connectivity index (χ0) is 19.3. The fraction of sp³-hybridized carbons (Fsp3) is 0.130. The number of nitrogens with zero attached hydrogens (tertiary/aromatic N) is 1. The van der Waals surface area contributed by atoms with Crippen LogP contribution in [0.4, 0.5) is 11.4 Å². The van der Waals surface area contributed by atoms with Crippen molar-refractivity contribution in [3.63, 3.8) is 0 Å². The van der Waals surface area contributed by atoms with Crippen LogP contribution in [0.3, 0.4) is 0 Å². The van der Waals surface area contributed by atoms with Gasteiger partial charge in [-0.3, -0.25) is 9.59 Å². The minimum atomic E-state index is -0.252. The Morgan fingerprint density at radius 2 is 1.71 bits per heavy atom. The van der Waals surface area contributed by atoms with Gasteiger partial charge in [-0.05, 0) is 48.9 Å². The molecule has 0 unspecified atom stereocenters. The molecule has 0 atom stereocenters. The van der Waals surface area contributed by atoms with Gasteiger partial charge in [-0.1, -0.05) is 36.4 Å². The number of carbonyl (C=O) groups excluding carboxylic acids is 2. The van der Waals surface area contributed by atoms with Gasteiger partial charge in [0, 0.05) is 24.2 Å². The molecular formula is C23H20N2O3. The third-order valence-electron chi connectivity index (χ3n) is 4.60. The molecule has 0 radical (unpaired) electrons. The number of anilines is 2. The largest absolute Gasteiger partial charge is 0.455 e. The van der Waals surface area contributed by atoms with Gasteiger partial charge in [-0.25, -0.2) is 0 Å². The zero-order valence-corrected chi connectivity index (χ0v) is 15.3. The van der Waals surface area contributed by atoms with E-state index >= 15 is 0 Å². The van der Waals surface area contributed by atoms with Crippen molar-refractivity contribution in [2.24, 2.45) is 0 Å². The van der Waals surface area contributed by atoms with Crippen LogP contribution in [-0.2, 0) is 4.79 Å². The second-order valence-corrected chi connectivity index (χ2v) is 6.56. The lowest BCUT2D eigenvalue weighted by Crippen LogP contribution is -2.24. The Morgan fingerprint density at radius 3 is 2.50 bits per heavy atom. The highest BCUT2D eigenvalue weighted by Gasteiger charge is 2.22. The number of para-hydroxylation sites is 3. The highest BCUT2D eigenvalue weighted by molar-refractivity contribution is 6.06.